The Labute approximate surface area is 151 Å². The van der Waals surface area contributed by atoms with Gasteiger partial charge in [0.05, 0.1) is 18.8 Å². The van der Waals surface area contributed by atoms with Crippen molar-refractivity contribution in [1.82, 2.24) is 5.32 Å². The fourth-order valence-electron chi connectivity index (χ4n) is 2.52. The van der Waals surface area contributed by atoms with Crippen LogP contribution in [-0.2, 0) is 11.2 Å². The smallest absolute Gasteiger partial charge is 0.224 e. The van der Waals surface area contributed by atoms with Crippen LogP contribution in [0.4, 0.5) is 0 Å². The molecular weight excluding hydrogens is 338 g/mol. The lowest BCUT2D eigenvalue weighted by Gasteiger charge is -2.13. The molecule has 1 aromatic heterocycles. The lowest BCUT2D eigenvalue weighted by Crippen LogP contribution is -2.29. The molecular formula is C20H18ClNO3. The van der Waals surface area contributed by atoms with Gasteiger partial charge in [-0.25, -0.2) is 0 Å². The second-order valence-electron chi connectivity index (χ2n) is 5.69. The molecule has 2 N–H and O–H groups in total. The molecule has 25 heavy (non-hydrogen) atoms. The molecule has 1 unspecified atom stereocenters. The summed E-state index contributed by atoms with van der Waals surface area (Å²) in [7, 11) is 0. The van der Waals surface area contributed by atoms with Gasteiger partial charge in [0.15, 0.2) is 0 Å². The fraction of sp³-hybridized carbons (Fsp3) is 0.150. The van der Waals surface area contributed by atoms with E-state index >= 15 is 0 Å². The van der Waals surface area contributed by atoms with Crippen molar-refractivity contribution in [3.05, 3.63) is 83.1 Å². The van der Waals surface area contributed by atoms with E-state index in [9.17, 15) is 9.90 Å². The number of aliphatic hydroxyl groups is 1. The lowest BCUT2D eigenvalue weighted by molar-refractivity contribution is -0.120. The molecule has 3 aromatic rings. The SMILES string of the molecule is O=C(Cc1ccccc1Cl)NCC(O)c1ccc(-c2ccco2)cc1. The summed E-state index contributed by atoms with van der Waals surface area (Å²) in [5.41, 5.74) is 2.43. The summed E-state index contributed by atoms with van der Waals surface area (Å²) in [5.74, 6) is 0.591. The zero-order chi connectivity index (χ0) is 17.6. The molecule has 1 heterocycles. The van der Waals surface area contributed by atoms with Crippen LogP contribution in [0, 0.1) is 0 Å². The maximum absolute atomic E-state index is 12.0. The fourth-order valence-corrected chi connectivity index (χ4v) is 2.72. The Kier molecular flexibility index (Phi) is 5.53. The quantitative estimate of drug-likeness (QED) is 0.702. The van der Waals surface area contributed by atoms with E-state index in [0.717, 1.165) is 22.5 Å². The minimum atomic E-state index is -0.777. The van der Waals surface area contributed by atoms with Crippen LogP contribution in [0.3, 0.4) is 0 Å². The van der Waals surface area contributed by atoms with Crippen molar-refractivity contribution in [3.8, 4) is 11.3 Å². The molecule has 0 fully saturated rings. The zero-order valence-corrected chi connectivity index (χ0v) is 14.2. The number of carbonyl (C=O) groups is 1. The molecule has 0 bridgehead atoms. The Hall–Kier alpha value is -2.56. The summed E-state index contributed by atoms with van der Waals surface area (Å²) in [6, 6.07) is 18.3. The first kappa shape index (κ1) is 17.3. The minimum absolute atomic E-state index is 0.142. The van der Waals surface area contributed by atoms with Gasteiger partial charge in [0.1, 0.15) is 5.76 Å². The Morgan fingerprint density at radius 3 is 2.52 bits per heavy atom. The van der Waals surface area contributed by atoms with Gasteiger partial charge < -0.3 is 14.8 Å². The zero-order valence-electron chi connectivity index (χ0n) is 13.5. The summed E-state index contributed by atoms with van der Waals surface area (Å²) in [6.45, 7) is 0.142. The van der Waals surface area contributed by atoms with E-state index in [1.165, 1.54) is 0 Å². The number of aliphatic hydroxyl groups excluding tert-OH is 1. The summed E-state index contributed by atoms with van der Waals surface area (Å²) in [5, 5.41) is 13.5. The van der Waals surface area contributed by atoms with Crippen LogP contribution >= 0.6 is 11.6 Å². The maximum Gasteiger partial charge on any atom is 0.224 e. The van der Waals surface area contributed by atoms with E-state index in [2.05, 4.69) is 5.32 Å². The van der Waals surface area contributed by atoms with E-state index < -0.39 is 6.10 Å². The number of carbonyl (C=O) groups excluding carboxylic acids is 1. The van der Waals surface area contributed by atoms with E-state index in [-0.39, 0.29) is 18.9 Å². The molecule has 1 atom stereocenters. The monoisotopic (exact) mass is 355 g/mol. The average Bonchev–Trinajstić information content (AvgIpc) is 3.16. The molecule has 0 saturated carbocycles. The van der Waals surface area contributed by atoms with Crippen LogP contribution in [-0.4, -0.2) is 17.6 Å². The summed E-state index contributed by atoms with van der Waals surface area (Å²) in [4.78, 5) is 12.0. The third kappa shape index (κ3) is 4.50. The Morgan fingerprint density at radius 2 is 1.84 bits per heavy atom. The average molecular weight is 356 g/mol. The summed E-state index contributed by atoms with van der Waals surface area (Å²) in [6.07, 6.45) is 1.03. The molecule has 2 aromatic carbocycles. The number of benzene rings is 2. The topological polar surface area (TPSA) is 62.5 Å². The molecule has 0 aliphatic rings. The Morgan fingerprint density at radius 1 is 1.08 bits per heavy atom. The van der Waals surface area contributed by atoms with Gasteiger partial charge in [-0.15, -0.1) is 0 Å². The van der Waals surface area contributed by atoms with Gasteiger partial charge in [-0.3, -0.25) is 4.79 Å². The minimum Gasteiger partial charge on any atom is -0.464 e. The van der Waals surface area contributed by atoms with Gasteiger partial charge in [-0.1, -0.05) is 54.1 Å². The highest BCUT2D eigenvalue weighted by Gasteiger charge is 2.11. The highest BCUT2D eigenvalue weighted by Crippen LogP contribution is 2.22. The molecule has 128 valence electrons. The molecule has 3 rings (SSSR count). The number of amides is 1. The predicted molar refractivity (Wildman–Crippen MR) is 97.3 cm³/mol. The van der Waals surface area contributed by atoms with Crippen LogP contribution in [0.15, 0.2) is 71.3 Å². The molecule has 0 aliphatic carbocycles. The van der Waals surface area contributed by atoms with Crippen molar-refractivity contribution in [1.29, 1.82) is 0 Å². The molecule has 0 saturated heterocycles. The van der Waals surface area contributed by atoms with Crippen LogP contribution < -0.4 is 5.32 Å². The first-order valence-corrected chi connectivity index (χ1v) is 8.33. The predicted octanol–water partition coefficient (Wildman–Crippen LogP) is 3.99. The molecule has 4 nitrogen and oxygen atoms in total. The van der Waals surface area contributed by atoms with Crippen molar-refractivity contribution >= 4 is 17.5 Å². The third-order valence-electron chi connectivity index (χ3n) is 3.90. The highest BCUT2D eigenvalue weighted by atomic mass is 35.5. The van der Waals surface area contributed by atoms with Gasteiger partial charge >= 0.3 is 0 Å². The van der Waals surface area contributed by atoms with Crippen molar-refractivity contribution < 1.29 is 14.3 Å². The molecule has 0 radical (unpaired) electrons. The normalized spacial score (nSPS) is 11.9. The molecule has 0 aliphatic heterocycles. The molecule has 5 heteroatoms. The van der Waals surface area contributed by atoms with E-state index in [1.807, 2.05) is 54.6 Å². The van der Waals surface area contributed by atoms with Crippen molar-refractivity contribution in [2.45, 2.75) is 12.5 Å². The van der Waals surface area contributed by atoms with Gasteiger partial charge in [-0.2, -0.15) is 0 Å². The standard InChI is InChI=1S/C20H18ClNO3/c21-17-5-2-1-4-16(17)12-20(24)22-13-18(23)14-7-9-15(10-8-14)19-6-3-11-25-19/h1-11,18,23H,12-13H2,(H,22,24). The summed E-state index contributed by atoms with van der Waals surface area (Å²) < 4.78 is 5.33. The molecule has 1 amide bonds. The van der Waals surface area contributed by atoms with Gasteiger partial charge in [0, 0.05) is 17.1 Å². The van der Waals surface area contributed by atoms with Crippen LogP contribution in [0.1, 0.15) is 17.2 Å². The Balaban J connectivity index is 1.54. The van der Waals surface area contributed by atoms with Crippen molar-refractivity contribution in [3.63, 3.8) is 0 Å². The largest absolute Gasteiger partial charge is 0.464 e. The highest BCUT2D eigenvalue weighted by molar-refractivity contribution is 6.31. The number of furan rings is 1. The van der Waals surface area contributed by atoms with Gasteiger partial charge in [-0.05, 0) is 29.3 Å². The lowest BCUT2D eigenvalue weighted by atomic mass is 10.1. The van der Waals surface area contributed by atoms with Crippen molar-refractivity contribution in [2.75, 3.05) is 6.54 Å². The first-order chi connectivity index (χ1) is 12.1. The number of halogens is 1. The second-order valence-corrected chi connectivity index (χ2v) is 6.09. The van der Waals surface area contributed by atoms with Crippen molar-refractivity contribution in [2.24, 2.45) is 0 Å². The number of nitrogens with one attached hydrogen (secondary N) is 1. The van der Waals surface area contributed by atoms with Crippen LogP contribution in [0.5, 0.6) is 0 Å². The first-order valence-electron chi connectivity index (χ1n) is 7.95. The Bertz CT molecular complexity index is 828. The third-order valence-corrected chi connectivity index (χ3v) is 4.27. The van der Waals surface area contributed by atoms with Gasteiger partial charge in [0.25, 0.3) is 0 Å². The van der Waals surface area contributed by atoms with Crippen LogP contribution in [0.2, 0.25) is 5.02 Å². The van der Waals surface area contributed by atoms with Crippen LogP contribution in [0.25, 0.3) is 11.3 Å². The van der Waals surface area contributed by atoms with E-state index in [0.29, 0.717) is 5.02 Å². The second kappa shape index (κ2) is 8.01. The number of rotatable bonds is 6. The molecule has 0 spiro atoms. The number of hydrogen-bond donors (Lipinski definition) is 2. The number of hydrogen-bond acceptors (Lipinski definition) is 3. The van der Waals surface area contributed by atoms with E-state index in [1.54, 1.807) is 12.3 Å². The summed E-state index contributed by atoms with van der Waals surface area (Å²) >= 11 is 6.05. The maximum atomic E-state index is 12.0. The van der Waals surface area contributed by atoms with E-state index in [4.69, 9.17) is 16.0 Å². The van der Waals surface area contributed by atoms with Gasteiger partial charge in [0.2, 0.25) is 5.91 Å².